The van der Waals surface area contributed by atoms with E-state index in [1.165, 1.54) is 0 Å². The molecule has 0 saturated heterocycles. The minimum atomic E-state index is -0.277. The number of carbonyl (C=O) groups excluding carboxylic acids is 1. The second kappa shape index (κ2) is 7.81. The van der Waals surface area contributed by atoms with Gasteiger partial charge >= 0.3 is 0 Å². The van der Waals surface area contributed by atoms with Crippen molar-refractivity contribution in [2.24, 2.45) is 5.92 Å². The van der Waals surface area contributed by atoms with Crippen LogP contribution >= 0.6 is 11.3 Å². The fraction of sp³-hybridized carbons (Fsp3) is 0.421. The summed E-state index contributed by atoms with van der Waals surface area (Å²) in [5.74, 6) is 0.858. The second-order valence-electron chi connectivity index (χ2n) is 6.34. The molecule has 1 aliphatic carbocycles. The van der Waals surface area contributed by atoms with Crippen LogP contribution in [0.1, 0.15) is 34.5 Å². The largest absolute Gasteiger partial charge is 0.488 e. The van der Waals surface area contributed by atoms with E-state index >= 15 is 0 Å². The highest BCUT2D eigenvalue weighted by atomic mass is 32.1. The van der Waals surface area contributed by atoms with Crippen LogP contribution in [0.2, 0.25) is 0 Å². The molecule has 4 nitrogen and oxygen atoms in total. The van der Waals surface area contributed by atoms with Gasteiger partial charge in [-0.1, -0.05) is 18.6 Å². The van der Waals surface area contributed by atoms with Gasteiger partial charge in [0.1, 0.15) is 12.4 Å². The summed E-state index contributed by atoms with van der Waals surface area (Å²) in [6.45, 7) is 1.11. The van der Waals surface area contributed by atoms with Gasteiger partial charge in [-0.15, -0.1) is 11.3 Å². The number of hydrogen-bond acceptors (Lipinski definition) is 4. The van der Waals surface area contributed by atoms with Crippen LogP contribution in [0, 0.1) is 5.92 Å². The Morgan fingerprint density at radius 1 is 1.33 bits per heavy atom. The molecule has 1 aromatic carbocycles. The van der Waals surface area contributed by atoms with Gasteiger partial charge in [-0.25, -0.2) is 0 Å². The zero-order valence-corrected chi connectivity index (χ0v) is 14.7. The lowest BCUT2D eigenvalue weighted by Crippen LogP contribution is -2.34. The molecule has 128 valence electrons. The molecule has 1 amide bonds. The summed E-state index contributed by atoms with van der Waals surface area (Å²) < 4.78 is 5.77. The molecule has 1 heterocycles. The van der Waals surface area contributed by atoms with Gasteiger partial charge in [0.25, 0.3) is 5.91 Å². The first kappa shape index (κ1) is 17.0. The van der Waals surface area contributed by atoms with Gasteiger partial charge in [-0.2, -0.15) is 0 Å². The molecule has 0 radical (unpaired) electrons. The van der Waals surface area contributed by atoms with Crippen LogP contribution in [0.4, 0.5) is 0 Å². The maximum atomic E-state index is 12.6. The van der Waals surface area contributed by atoms with Crippen LogP contribution in [0.3, 0.4) is 0 Å². The van der Waals surface area contributed by atoms with E-state index in [0.717, 1.165) is 24.1 Å². The highest BCUT2D eigenvalue weighted by Crippen LogP contribution is 2.26. The topological polar surface area (TPSA) is 49.8 Å². The summed E-state index contributed by atoms with van der Waals surface area (Å²) in [6.07, 6.45) is 2.60. The van der Waals surface area contributed by atoms with E-state index < -0.39 is 0 Å². The van der Waals surface area contributed by atoms with Crippen molar-refractivity contribution in [1.29, 1.82) is 0 Å². The van der Waals surface area contributed by atoms with E-state index in [2.05, 4.69) is 0 Å². The minimum absolute atomic E-state index is 0.0318. The maximum Gasteiger partial charge on any atom is 0.253 e. The number of benzene rings is 1. The van der Waals surface area contributed by atoms with Crippen LogP contribution in [-0.4, -0.2) is 35.6 Å². The maximum absolute atomic E-state index is 12.6. The van der Waals surface area contributed by atoms with Crippen molar-refractivity contribution in [2.75, 3.05) is 13.6 Å². The third-order valence-electron chi connectivity index (χ3n) is 4.52. The molecule has 24 heavy (non-hydrogen) atoms. The molecule has 1 N–H and O–H groups in total. The SMILES string of the molecule is CN(CC1CCCC1O)C(=O)c1cccc(OCc2cccs2)c1. The highest BCUT2D eigenvalue weighted by molar-refractivity contribution is 7.09. The van der Waals surface area contributed by atoms with E-state index in [-0.39, 0.29) is 17.9 Å². The smallest absolute Gasteiger partial charge is 0.253 e. The molecule has 2 unspecified atom stereocenters. The molecule has 1 saturated carbocycles. The van der Waals surface area contributed by atoms with E-state index in [4.69, 9.17) is 4.74 Å². The Labute approximate surface area is 146 Å². The van der Waals surface area contributed by atoms with Gasteiger partial charge in [-0.3, -0.25) is 4.79 Å². The first-order chi connectivity index (χ1) is 11.6. The summed E-state index contributed by atoms with van der Waals surface area (Å²) in [7, 11) is 1.80. The van der Waals surface area contributed by atoms with Gasteiger partial charge in [0.15, 0.2) is 0 Å². The number of thiophene rings is 1. The summed E-state index contributed by atoms with van der Waals surface area (Å²) in [5.41, 5.74) is 0.619. The zero-order chi connectivity index (χ0) is 16.9. The summed E-state index contributed by atoms with van der Waals surface area (Å²) in [6, 6.07) is 11.3. The van der Waals surface area contributed by atoms with Crippen molar-refractivity contribution in [3.8, 4) is 5.75 Å². The lowest BCUT2D eigenvalue weighted by atomic mass is 10.1. The molecule has 2 aromatic rings. The standard InChI is InChI=1S/C19H23NO3S/c1-20(12-15-6-3-9-18(15)21)19(22)14-5-2-7-16(11-14)23-13-17-8-4-10-24-17/h2,4-5,7-8,10-11,15,18,21H,3,6,9,12-13H2,1H3. The Bertz CT molecular complexity index is 671. The number of ether oxygens (including phenoxy) is 1. The second-order valence-corrected chi connectivity index (χ2v) is 7.37. The molecule has 3 rings (SSSR count). The summed E-state index contributed by atoms with van der Waals surface area (Å²) in [4.78, 5) is 15.5. The normalized spacial score (nSPS) is 20.1. The molecule has 1 aromatic heterocycles. The third-order valence-corrected chi connectivity index (χ3v) is 5.37. The van der Waals surface area contributed by atoms with Crippen LogP contribution < -0.4 is 4.74 Å². The van der Waals surface area contributed by atoms with Gasteiger partial charge in [0.2, 0.25) is 0 Å². The van der Waals surface area contributed by atoms with Crippen molar-refractivity contribution in [3.63, 3.8) is 0 Å². The fourth-order valence-corrected chi connectivity index (χ4v) is 3.77. The number of aliphatic hydroxyl groups is 1. The van der Waals surface area contributed by atoms with Crippen LogP contribution in [-0.2, 0) is 6.61 Å². The van der Waals surface area contributed by atoms with Crippen LogP contribution in [0.25, 0.3) is 0 Å². The van der Waals surface area contributed by atoms with Gasteiger partial charge in [0, 0.05) is 30.0 Å². The molecular weight excluding hydrogens is 322 g/mol. The molecular formula is C19H23NO3S. The molecule has 0 bridgehead atoms. The lowest BCUT2D eigenvalue weighted by molar-refractivity contribution is 0.0693. The molecule has 0 aliphatic heterocycles. The van der Waals surface area contributed by atoms with Gasteiger partial charge in [0.05, 0.1) is 6.10 Å². The van der Waals surface area contributed by atoms with Crippen molar-refractivity contribution < 1.29 is 14.6 Å². The molecule has 2 atom stereocenters. The first-order valence-electron chi connectivity index (χ1n) is 8.32. The molecule has 0 spiro atoms. The number of hydrogen-bond donors (Lipinski definition) is 1. The summed E-state index contributed by atoms with van der Waals surface area (Å²) >= 11 is 1.65. The van der Waals surface area contributed by atoms with Crippen LogP contribution in [0.15, 0.2) is 41.8 Å². The van der Waals surface area contributed by atoms with E-state index in [1.807, 2.05) is 35.7 Å². The number of amides is 1. The van der Waals surface area contributed by atoms with Crippen molar-refractivity contribution in [3.05, 3.63) is 52.2 Å². The number of carbonyl (C=O) groups is 1. The van der Waals surface area contributed by atoms with E-state index in [0.29, 0.717) is 24.5 Å². The number of rotatable bonds is 6. The molecule has 1 fully saturated rings. The van der Waals surface area contributed by atoms with Crippen molar-refractivity contribution in [1.82, 2.24) is 4.90 Å². The highest BCUT2D eigenvalue weighted by Gasteiger charge is 2.27. The average Bonchev–Trinajstić information content (AvgIpc) is 3.25. The molecule has 1 aliphatic rings. The Morgan fingerprint density at radius 3 is 2.92 bits per heavy atom. The quantitative estimate of drug-likeness (QED) is 0.871. The minimum Gasteiger partial charge on any atom is -0.488 e. The monoisotopic (exact) mass is 345 g/mol. The van der Waals surface area contributed by atoms with Crippen LogP contribution in [0.5, 0.6) is 5.75 Å². The van der Waals surface area contributed by atoms with Crippen molar-refractivity contribution >= 4 is 17.2 Å². The van der Waals surface area contributed by atoms with E-state index in [9.17, 15) is 9.90 Å². The van der Waals surface area contributed by atoms with Gasteiger partial charge in [-0.05, 0) is 42.5 Å². The first-order valence-corrected chi connectivity index (χ1v) is 9.20. The predicted octanol–water partition coefficient (Wildman–Crippen LogP) is 3.56. The van der Waals surface area contributed by atoms with E-state index in [1.54, 1.807) is 29.4 Å². The zero-order valence-electron chi connectivity index (χ0n) is 13.9. The lowest BCUT2D eigenvalue weighted by Gasteiger charge is -2.23. The predicted molar refractivity (Wildman–Crippen MR) is 95.4 cm³/mol. The summed E-state index contributed by atoms with van der Waals surface area (Å²) in [5, 5.41) is 12.0. The number of nitrogens with zero attached hydrogens (tertiary/aromatic N) is 1. The Hall–Kier alpha value is -1.85. The Kier molecular flexibility index (Phi) is 5.53. The average molecular weight is 345 g/mol. The van der Waals surface area contributed by atoms with Crippen molar-refractivity contribution in [2.45, 2.75) is 32.0 Å². The van der Waals surface area contributed by atoms with Gasteiger partial charge < -0.3 is 14.7 Å². The molecule has 5 heteroatoms. The Balaban J connectivity index is 1.60. The number of aliphatic hydroxyl groups excluding tert-OH is 1. The third kappa shape index (κ3) is 4.16. The fourth-order valence-electron chi connectivity index (χ4n) is 3.15. The Morgan fingerprint density at radius 2 is 2.21 bits per heavy atom.